The van der Waals surface area contributed by atoms with Crippen LogP contribution in [0, 0.1) is 0 Å². The predicted molar refractivity (Wildman–Crippen MR) is 48.3 cm³/mol. The van der Waals surface area contributed by atoms with Crippen molar-refractivity contribution in [3.05, 3.63) is 0 Å². The van der Waals surface area contributed by atoms with Crippen LogP contribution >= 0.6 is 6.60 Å². The summed E-state index contributed by atoms with van der Waals surface area (Å²) in [5.41, 5.74) is 1.09. The molecule has 0 aromatic carbocycles. The van der Waals surface area contributed by atoms with Gasteiger partial charge in [0.05, 0.1) is 0 Å². The Morgan fingerprint density at radius 1 is 1.44 bits per heavy atom. The summed E-state index contributed by atoms with van der Waals surface area (Å²) in [6.07, 6.45) is 4.50. The first-order chi connectivity index (χ1) is 3.98. The van der Waals surface area contributed by atoms with E-state index >= 15 is 0 Å². The van der Waals surface area contributed by atoms with Gasteiger partial charge in [0.2, 0.25) is 0 Å². The minimum atomic E-state index is -0.964. The van der Waals surface area contributed by atoms with Crippen LogP contribution in [0.1, 0.15) is 20.3 Å². The Bertz CT molecular complexity index is 127. The summed E-state index contributed by atoms with van der Waals surface area (Å²) in [5.74, 6) is 0. The summed E-state index contributed by atoms with van der Waals surface area (Å²) in [6.45, 7) is 8.88. The van der Waals surface area contributed by atoms with Gasteiger partial charge in [0.1, 0.15) is 0 Å². The van der Waals surface area contributed by atoms with E-state index in [1.807, 2.05) is 0 Å². The number of hydrogen-bond donors (Lipinski definition) is 0. The van der Waals surface area contributed by atoms with Gasteiger partial charge in [0.25, 0.3) is 0 Å². The first-order valence-corrected chi connectivity index (χ1v) is 7.55. The van der Waals surface area contributed by atoms with Crippen LogP contribution < -0.4 is 0 Å². The van der Waals surface area contributed by atoms with Crippen LogP contribution in [0.3, 0.4) is 0 Å². The average Bonchev–Trinajstić information content (AvgIpc) is 2.09. The molecule has 0 bridgehead atoms. The molecule has 0 radical (unpaired) electrons. The molecule has 0 aromatic heterocycles. The van der Waals surface area contributed by atoms with Crippen molar-refractivity contribution in [2.45, 2.75) is 25.9 Å². The summed E-state index contributed by atoms with van der Waals surface area (Å²) >= 11 is 0. The Morgan fingerprint density at radius 2 is 1.89 bits per heavy atom. The Morgan fingerprint density at radius 3 is 2.00 bits per heavy atom. The quantitative estimate of drug-likeness (QED) is 0.525. The zero-order valence-electron chi connectivity index (χ0n) is 7.15. The molecule has 0 nitrogen and oxygen atoms in total. The Kier molecular flexibility index (Phi) is 1.44. The van der Waals surface area contributed by atoms with Crippen molar-refractivity contribution in [2.75, 3.05) is 25.7 Å². The van der Waals surface area contributed by atoms with Crippen LogP contribution in [-0.4, -0.2) is 31.3 Å². The summed E-state index contributed by atoms with van der Waals surface area (Å²) < 4.78 is 0. The second-order valence-electron chi connectivity index (χ2n) is 4.57. The molecular weight excluding hydrogens is 127 g/mol. The van der Waals surface area contributed by atoms with Crippen LogP contribution in [0.4, 0.5) is 0 Å². The topological polar surface area (TPSA) is 0 Å². The van der Waals surface area contributed by atoms with E-state index in [0.717, 1.165) is 5.66 Å². The normalized spacial score (nSPS) is 40.9. The van der Waals surface area contributed by atoms with E-state index in [2.05, 4.69) is 27.2 Å². The van der Waals surface area contributed by atoms with Gasteiger partial charge in [-0.2, -0.15) is 0 Å². The number of hydrogen-bond acceptors (Lipinski definition) is 0. The molecule has 1 heteroatoms. The van der Waals surface area contributed by atoms with E-state index in [4.69, 9.17) is 0 Å². The van der Waals surface area contributed by atoms with Crippen molar-refractivity contribution in [1.29, 1.82) is 0 Å². The van der Waals surface area contributed by atoms with Gasteiger partial charge in [-0.15, -0.1) is 0 Å². The Hall–Kier alpha value is 0.430. The third-order valence-electron chi connectivity index (χ3n) is 3.19. The molecule has 1 unspecified atom stereocenters. The Labute approximate surface area is 59.0 Å². The van der Waals surface area contributed by atoms with Gasteiger partial charge in [0, 0.05) is 0 Å². The van der Waals surface area contributed by atoms with E-state index in [-0.39, 0.29) is 0 Å². The van der Waals surface area contributed by atoms with Crippen LogP contribution in [0.15, 0.2) is 0 Å². The first-order valence-electron chi connectivity index (χ1n) is 3.98. The minimum absolute atomic E-state index is 0.964. The number of rotatable bonds is 2. The average molecular weight is 146 g/mol. The molecule has 1 atom stereocenters. The molecule has 9 heavy (non-hydrogen) atoms. The molecule has 1 fully saturated rings. The van der Waals surface area contributed by atoms with Crippen LogP contribution in [-0.2, 0) is 0 Å². The van der Waals surface area contributed by atoms with E-state index in [0.29, 0.717) is 0 Å². The maximum atomic E-state index is 2.56. The van der Waals surface area contributed by atoms with Crippen molar-refractivity contribution in [3.8, 4) is 0 Å². The zero-order valence-corrected chi connectivity index (χ0v) is 8.04. The third kappa shape index (κ3) is 1.15. The van der Waals surface area contributed by atoms with E-state index in [1.165, 1.54) is 12.6 Å². The monoisotopic (exact) mass is 146 g/mol. The molecule has 1 saturated heterocycles. The van der Waals surface area contributed by atoms with Crippen molar-refractivity contribution in [1.82, 2.24) is 0 Å². The van der Waals surface area contributed by atoms with Crippen LogP contribution in [0.25, 0.3) is 0 Å². The summed E-state index contributed by atoms with van der Waals surface area (Å²) in [7, 11) is 0. The molecule has 1 aliphatic rings. The fourth-order valence-corrected chi connectivity index (χ4v) is 6.93. The molecule has 0 aromatic rings. The van der Waals surface area contributed by atoms with Crippen molar-refractivity contribution >= 4 is 6.60 Å². The molecule has 0 amide bonds. The van der Waals surface area contributed by atoms with Gasteiger partial charge in [-0.1, -0.05) is 0 Å². The summed E-state index contributed by atoms with van der Waals surface area (Å²) in [4.78, 5) is 0. The van der Waals surface area contributed by atoms with Gasteiger partial charge in [-0.05, 0) is 0 Å². The first kappa shape index (κ1) is 7.54. The third-order valence-corrected chi connectivity index (χ3v) is 9.58. The van der Waals surface area contributed by atoms with E-state index < -0.39 is 6.60 Å². The SMILES string of the molecule is CCCP1(C)(C)CC1C. The fourth-order valence-electron chi connectivity index (χ4n) is 1.87. The van der Waals surface area contributed by atoms with Crippen molar-refractivity contribution in [2.24, 2.45) is 0 Å². The van der Waals surface area contributed by atoms with E-state index in [1.54, 1.807) is 6.16 Å². The maximum absolute atomic E-state index is 2.56. The Balaban J connectivity index is 2.53. The molecule has 1 rings (SSSR count). The molecule has 0 aliphatic carbocycles. The predicted octanol–water partition coefficient (Wildman–Crippen LogP) is 2.61. The molecule has 56 valence electrons. The van der Waals surface area contributed by atoms with Crippen LogP contribution in [0.5, 0.6) is 0 Å². The van der Waals surface area contributed by atoms with E-state index in [9.17, 15) is 0 Å². The molecule has 0 spiro atoms. The molecule has 1 heterocycles. The van der Waals surface area contributed by atoms with Gasteiger partial charge < -0.3 is 0 Å². The fraction of sp³-hybridized carbons (Fsp3) is 1.00. The molecule has 1 aliphatic heterocycles. The second-order valence-corrected chi connectivity index (χ2v) is 11.9. The molecule has 0 saturated carbocycles. The van der Waals surface area contributed by atoms with Crippen molar-refractivity contribution < 1.29 is 0 Å². The standard InChI is InChI=1S/C8H19P/c1-5-6-9(3,4)7-8(9)2/h8H,5-7H2,1-4H3. The van der Waals surface area contributed by atoms with Gasteiger partial charge >= 0.3 is 58.2 Å². The summed E-state index contributed by atoms with van der Waals surface area (Å²) in [5, 5.41) is 0. The zero-order chi connectivity index (χ0) is 7.15. The van der Waals surface area contributed by atoms with Gasteiger partial charge in [0.15, 0.2) is 0 Å². The van der Waals surface area contributed by atoms with Gasteiger partial charge in [-0.25, -0.2) is 0 Å². The summed E-state index contributed by atoms with van der Waals surface area (Å²) in [6, 6.07) is 0. The van der Waals surface area contributed by atoms with Crippen molar-refractivity contribution in [3.63, 3.8) is 0 Å². The second kappa shape index (κ2) is 1.72. The molecular formula is C8H19P. The van der Waals surface area contributed by atoms with Gasteiger partial charge in [-0.3, -0.25) is 0 Å². The molecule has 0 N–H and O–H groups in total. The van der Waals surface area contributed by atoms with Crippen LogP contribution in [0.2, 0.25) is 0 Å².